The highest BCUT2D eigenvalue weighted by Crippen LogP contribution is 2.33. The molecule has 4 rings (SSSR count). The fraction of sp³-hybridized carbons (Fsp3) is 0.565. The molecule has 0 aliphatic rings. The van der Waals surface area contributed by atoms with Gasteiger partial charge in [-0.15, -0.1) is 0 Å². The zero-order chi connectivity index (χ0) is 27.3. The van der Waals surface area contributed by atoms with Gasteiger partial charge in [0.15, 0.2) is 32.6 Å². The maximum atomic E-state index is 13.0. The normalized spacial score (nSPS) is 13.6. The number of hydrogen-bond donors (Lipinski definition) is 0. The van der Waals surface area contributed by atoms with Crippen LogP contribution in [0.5, 0.6) is 0 Å². The van der Waals surface area contributed by atoms with Gasteiger partial charge in [0.2, 0.25) is 0 Å². The molecule has 0 aliphatic heterocycles. The standard InChI is InChI=1S/C23H32N8O4S2/c1-9-12(3)30-14-16(26(5)22(34)28(7)18(14)32)24-20(30)36-11-37-21-25-17-15(31(21)13(4)10-2)19(33)29(8)23(35)27(17)6/h12-13H,9-11H2,1-8H3. The molecular formula is C23H32N8O4S2. The molecule has 4 aromatic rings. The van der Waals surface area contributed by atoms with Crippen molar-refractivity contribution in [3.8, 4) is 0 Å². The van der Waals surface area contributed by atoms with E-state index in [1.807, 2.05) is 36.8 Å². The first kappa shape index (κ1) is 27.0. The first-order valence-corrected chi connectivity index (χ1v) is 14.0. The van der Waals surface area contributed by atoms with Crippen LogP contribution in [0, 0.1) is 0 Å². The average molecular weight is 549 g/mol. The average Bonchev–Trinajstić information content (AvgIpc) is 3.47. The van der Waals surface area contributed by atoms with E-state index in [0.717, 1.165) is 22.0 Å². The Morgan fingerprint density at radius 2 is 1.00 bits per heavy atom. The summed E-state index contributed by atoms with van der Waals surface area (Å²) in [6, 6.07) is -0.0186. The SMILES string of the molecule is CCC(C)n1c(SCSc2nc3c(c(=O)n(C)c(=O)n3C)n2C(C)CC)nc2c1c(=O)n(C)c(=O)n2C. The van der Waals surface area contributed by atoms with Crippen LogP contribution in [0.2, 0.25) is 0 Å². The summed E-state index contributed by atoms with van der Waals surface area (Å²) >= 11 is 2.88. The molecular weight excluding hydrogens is 516 g/mol. The zero-order valence-electron chi connectivity index (χ0n) is 22.3. The maximum absolute atomic E-state index is 13.0. The molecule has 0 radical (unpaired) electrons. The Morgan fingerprint density at radius 3 is 1.32 bits per heavy atom. The molecule has 37 heavy (non-hydrogen) atoms. The fourth-order valence-electron chi connectivity index (χ4n) is 4.31. The largest absolute Gasteiger partial charge is 0.332 e. The number of rotatable bonds is 8. The Kier molecular flexibility index (Phi) is 7.34. The molecule has 2 unspecified atom stereocenters. The van der Waals surface area contributed by atoms with Crippen LogP contribution in [0.3, 0.4) is 0 Å². The second-order valence-corrected chi connectivity index (χ2v) is 11.5. The molecule has 4 heterocycles. The van der Waals surface area contributed by atoms with Gasteiger partial charge in [0, 0.05) is 40.3 Å². The third kappa shape index (κ3) is 4.19. The van der Waals surface area contributed by atoms with Crippen molar-refractivity contribution in [3.05, 3.63) is 41.7 Å². The van der Waals surface area contributed by atoms with Gasteiger partial charge in [-0.1, -0.05) is 37.4 Å². The Labute approximate surface area is 220 Å². The van der Waals surface area contributed by atoms with Gasteiger partial charge in [-0.3, -0.25) is 27.9 Å². The molecule has 14 heteroatoms. The highest BCUT2D eigenvalue weighted by Gasteiger charge is 2.24. The molecule has 0 N–H and O–H groups in total. The molecule has 0 fully saturated rings. The summed E-state index contributed by atoms with van der Waals surface area (Å²) < 4.78 is 8.80. The summed E-state index contributed by atoms with van der Waals surface area (Å²) in [6.07, 6.45) is 1.55. The third-order valence-corrected chi connectivity index (χ3v) is 8.99. The van der Waals surface area contributed by atoms with Crippen LogP contribution in [0.25, 0.3) is 22.3 Å². The molecule has 0 spiro atoms. The van der Waals surface area contributed by atoms with Gasteiger partial charge < -0.3 is 9.13 Å². The van der Waals surface area contributed by atoms with E-state index in [2.05, 4.69) is 9.97 Å². The van der Waals surface area contributed by atoms with Crippen molar-refractivity contribution in [2.45, 2.75) is 62.9 Å². The Hall–Kier alpha value is -3.00. The smallest absolute Gasteiger partial charge is 0.310 e. The number of thioether (sulfide) groups is 2. The zero-order valence-corrected chi connectivity index (χ0v) is 23.9. The lowest BCUT2D eigenvalue weighted by molar-refractivity contribution is 0.503. The van der Waals surface area contributed by atoms with Gasteiger partial charge in [0.1, 0.15) is 0 Å². The topological polar surface area (TPSA) is 124 Å². The number of aryl methyl sites for hydroxylation is 2. The number of imidazole rings is 2. The predicted molar refractivity (Wildman–Crippen MR) is 147 cm³/mol. The van der Waals surface area contributed by atoms with Gasteiger partial charge >= 0.3 is 11.4 Å². The van der Waals surface area contributed by atoms with E-state index in [9.17, 15) is 19.2 Å². The third-order valence-electron chi connectivity index (χ3n) is 6.96. The molecule has 0 bridgehead atoms. The quantitative estimate of drug-likeness (QED) is 0.242. The van der Waals surface area contributed by atoms with Crippen molar-refractivity contribution in [3.63, 3.8) is 0 Å². The van der Waals surface area contributed by atoms with Crippen LogP contribution in [0.4, 0.5) is 0 Å². The Balaban J connectivity index is 1.79. The number of fused-ring (bicyclic) bond motifs is 2. The van der Waals surface area contributed by atoms with Crippen molar-refractivity contribution in [2.75, 3.05) is 5.08 Å². The van der Waals surface area contributed by atoms with E-state index in [4.69, 9.17) is 0 Å². The molecule has 200 valence electrons. The van der Waals surface area contributed by atoms with Gasteiger partial charge in [-0.05, 0) is 26.7 Å². The minimum atomic E-state index is -0.424. The van der Waals surface area contributed by atoms with E-state index in [0.29, 0.717) is 37.7 Å². The molecule has 0 aliphatic carbocycles. The van der Waals surface area contributed by atoms with E-state index >= 15 is 0 Å². The maximum Gasteiger partial charge on any atom is 0.332 e. The van der Waals surface area contributed by atoms with Gasteiger partial charge in [-0.25, -0.2) is 19.6 Å². The Bertz CT molecular complexity index is 1630. The summed E-state index contributed by atoms with van der Waals surface area (Å²) in [6.45, 7) is 8.10. The summed E-state index contributed by atoms with van der Waals surface area (Å²) in [5.74, 6) is 0. The molecule has 0 aromatic carbocycles. The summed E-state index contributed by atoms with van der Waals surface area (Å²) in [5, 5.41) is 1.75. The van der Waals surface area contributed by atoms with Crippen LogP contribution in [0.15, 0.2) is 29.5 Å². The van der Waals surface area contributed by atoms with Crippen LogP contribution >= 0.6 is 23.5 Å². The van der Waals surface area contributed by atoms with Crippen molar-refractivity contribution in [1.82, 2.24) is 37.4 Å². The lowest BCUT2D eigenvalue weighted by Crippen LogP contribution is -2.37. The van der Waals surface area contributed by atoms with E-state index in [-0.39, 0.29) is 23.2 Å². The summed E-state index contributed by atoms with van der Waals surface area (Å²) in [5.41, 5.74) is -0.0918. The van der Waals surface area contributed by atoms with E-state index in [1.165, 1.54) is 46.8 Å². The van der Waals surface area contributed by atoms with E-state index in [1.54, 1.807) is 14.1 Å². The van der Waals surface area contributed by atoms with Crippen LogP contribution in [0.1, 0.15) is 52.6 Å². The van der Waals surface area contributed by atoms with Crippen LogP contribution in [-0.4, -0.2) is 42.5 Å². The Morgan fingerprint density at radius 1 is 0.649 bits per heavy atom. The molecule has 0 saturated heterocycles. The van der Waals surface area contributed by atoms with E-state index < -0.39 is 11.4 Å². The molecule has 0 amide bonds. The molecule has 12 nitrogen and oxygen atoms in total. The van der Waals surface area contributed by atoms with Crippen LogP contribution < -0.4 is 22.5 Å². The monoisotopic (exact) mass is 548 g/mol. The first-order chi connectivity index (χ1) is 17.5. The predicted octanol–water partition coefficient (Wildman–Crippen LogP) is 1.96. The molecule has 0 saturated carbocycles. The minimum Gasteiger partial charge on any atom is -0.310 e. The second-order valence-electron chi connectivity index (χ2n) is 9.21. The van der Waals surface area contributed by atoms with Gasteiger partial charge in [0.25, 0.3) is 11.1 Å². The number of hydrogen-bond acceptors (Lipinski definition) is 8. The van der Waals surface area contributed by atoms with Crippen molar-refractivity contribution < 1.29 is 0 Å². The number of aromatic nitrogens is 8. The van der Waals surface area contributed by atoms with Gasteiger partial charge in [0.05, 0.1) is 5.08 Å². The van der Waals surface area contributed by atoms with Crippen LogP contribution in [-0.2, 0) is 28.2 Å². The lowest BCUT2D eigenvalue weighted by atomic mass is 10.2. The van der Waals surface area contributed by atoms with Crippen molar-refractivity contribution in [2.24, 2.45) is 28.2 Å². The number of nitrogens with zero attached hydrogens (tertiary/aromatic N) is 8. The summed E-state index contributed by atoms with van der Waals surface area (Å²) in [4.78, 5) is 60.4. The fourth-order valence-corrected chi connectivity index (χ4v) is 6.51. The summed E-state index contributed by atoms with van der Waals surface area (Å²) in [7, 11) is 6.16. The lowest BCUT2D eigenvalue weighted by Gasteiger charge is -2.16. The highest BCUT2D eigenvalue weighted by molar-refractivity contribution is 8.15. The van der Waals surface area contributed by atoms with Crippen molar-refractivity contribution >= 4 is 45.9 Å². The van der Waals surface area contributed by atoms with Gasteiger partial charge in [-0.2, -0.15) is 0 Å². The minimum absolute atomic E-state index is 0.00932. The van der Waals surface area contributed by atoms with Crippen molar-refractivity contribution in [1.29, 1.82) is 0 Å². The second kappa shape index (κ2) is 10.0. The molecule has 4 aromatic heterocycles. The first-order valence-electron chi connectivity index (χ1n) is 12.1. The molecule has 2 atom stereocenters. The highest BCUT2D eigenvalue weighted by atomic mass is 32.2.